The first kappa shape index (κ1) is 12.6. The normalized spacial score (nSPS) is 11.0. The van der Waals surface area contributed by atoms with Crippen molar-refractivity contribution < 1.29 is 0 Å². The van der Waals surface area contributed by atoms with Crippen molar-refractivity contribution in [3.05, 3.63) is 47.9 Å². The van der Waals surface area contributed by atoms with Crippen LogP contribution in [-0.4, -0.2) is 19.9 Å². The Labute approximate surface area is 117 Å². The standard InChI is InChI=1S/C15H17N5/c16-15-17-10-12-14(20-15)19-13(18-12)9-5-4-8-11-6-2-1-3-7-11/h1-3,6-7,10H,4-5,8-9H2,(H3,16,17,18,19,20). The number of nitrogens with two attached hydrogens (primary N) is 1. The molecule has 20 heavy (non-hydrogen) atoms. The molecule has 3 rings (SSSR count). The van der Waals surface area contributed by atoms with Gasteiger partial charge < -0.3 is 10.7 Å². The van der Waals surface area contributed by atoms with Gasteiger partial charge >= 0.3 is 0 Å². The van der Waals surface area contributed by atoms with E-state index in [1.165, 1.54) is 5.56 Å². The second-order valence-electron chi connectivity index (χ2n) is 4.84. The molecule has 0 unspecified atom stereocenters. The van der Waals surface area contributed by atoms with E-state index in [4.69, 9.17) is 5.73 Å². The largest absolute Gasteiger partial charge is 0.368 e. The maximum atomic E-state index is 5.55. The number of nitrogens with one attached hydrogen (secondary N) is 1. The molecule has 0 saturated heterocycles. The third-order valence-corrected chi connectivity index (χ3v) is 3.28. The van der Waals surface area contributed by atoms with E-state index in [2.05, 4.69) is 44.2 Å². The average Bonchev–Trinajstić information content (AvgIpc) is 2.86. The zero-order chi connectivity index (χ0) is 13.8. The Balaban J connectivity index is 1.55. The number of nitrogen functional groups attached to an aromatic ring is 1. The van der Waals surface area contributed by atoms with Gasteiger partial charge in [-0.3, -0.25) is 0 Å². The van der Waals surface area contributed by atoms with Gasteiger partial charge in [-0.25, -0.2) is 9.97 Å². The Morgan fingerprint density at radius 2 is 1.80 bits per heavy atom. The van der Waals surface area contributed by atoms with Gasteiger partial charge in [0.15, 0.2) is 5.65 Å². The maximum Gasteiger partial charge on any atom is 0.222 e. The second kappa shape index (κ2) is 5.69. The number of aryl methyl sites for hydroxylation is 2. The van der Waals surface area contributed by atoms with Crippen LogP contribution in [0.25, 0.3) is 11.2 Å². The van der Waals surface area contributed by atoms with Gasteiger partial charge in [-0.15, -0.1) is 0 Å². The van der Waals surface area contributed by atoms with Crippen molar-refractivity contribution in [2.75, 3.05) is 5.73 Å². The summed E-state index contributed by atoms with van der Waals surface area (Å²) in [7, 11) is 0. The minimum Gasteiger partial charge on any atom is -0.368 e. The molecule has 0 bridgehead atoms. The summed E-state index contributed by atoms with van der Waals surface area (Å²) >= 11 is 0. The summed E-state index contributed by atoms with van der Waals surface area (Å²) in [5.74, 6) is 1.23. The molecule has 0 spiro atoms. The molecule has 2 heterocycles. The number of anilines is 1. The van der Waals surface area contributed by atoms with Crippen LogP contribution >= 0.6 is 0 Å². The Morgan fingerprint density at radius 3 is 2.65 bits per heavy atom. The van der Waals surface area contributed by atoms with Crippen LogP contribution in [0.15, 0.2) is 36.5 Å². The summed E-state index contributed by atoms with van der Waals surface area (Å²) in [4.78, 5) is 15.7. The molecular formula is C15H17N5. The van der Waals surface area contributed by atoms with Crippen LogP contribution in [0.1, 0.15) is 24.2 Å². The van der Waals surface area contributed by atoms with Crippen molar-refractivity contribution in [2.45, 2.75) is 25.7 Å². The Kier molecular flexibility index (Phi) is 3.58. The average molecular weight is 267 g/mol. The molecule has 0 fully saturated rings. The summed E-state index contributed by atoms with van der Waals surface area (Å²) in [5, 5.41) is 0. The molecule has 0 saturated carbocycles. The van der Waals surface area contributed by atoms with Crippen molar-refractivity contribution >= 4 is 17.1 Å². The van der Waals surface area contributed by atoms with Crippen molar-refractivity contribution in [3.63, 3.8) is 0 Å². The SMILES string of the molecule is Nc1ncc2nc(CCCCc3ccccc3)[nH]c2n1. The summed E-state index contributed by atoms with van der Waals surface area (Å²) in [6.07, 6.45) is 5.92. The van der Waals surface area contributed by atoms with E-state index in [1.807, 2.05) is 6.07 Å². The zero-order valence-electron chi connectivity index (χ0n) is 11.2. The minimum atomic E-state index is 0.275. The Hall–Kier alpha value is -2.43. The fourth-order valence-corrected chi connectivity index (χ4v) is 2.26. The molecule has 0 radical (unpaired) electrons. The molecule has 0 amide bonds. The molecule has 0 aliphatic rings. The van der Waals surface area contributed by atoms with Gasteiger partial charge in [-0.1, -0.05) is 30.3 Å². The van der Waals surface area contributed by atoms with E-state index in [9.17, 15) is 0 Å². The van der Waals surface area contributed by atoms with Gasteiger partial charge in [-0.05, 0) is 24.8 Å². The van der Waals surface area contributed by atoms with Gasteiger partial charge in [-0.2, -0.15) is 4.98 Å². The predicted octanol–water partition coefficient (Wildman–Crippen LogP) is 2.50. The molecule has 3 aromatic rings. The number of aromatic amines is 1. The smallest absolute Gasteiger partial charge is 0.222 e. The number of hydrogen-bond donors (Lipinski definition) is 2. The molecular weight excluding hydrogens is 250 g/mol. The summed E-state index contributed by atoms with van der Waals surface area (Å²) in [6, 6.07) is 10.5. The third kappa shape index (κ3) is 2.93. The van der Waals surface area contributed by atoms with Crippen LogP contribution in [0, 0.1) is 0 Å². The van der Waals surface area contributed by atoms with Gasteiger partial charge in [0.05, 0.1) is 6.20 Å². The lowest BCUT2D eigenvalue weighted by Crippen LogP contribution is -1.93. The van der Waals surface area contributed by atoms with Gasteiger partial charge in [0.1, 0.15) is 11.3 Å². The van der Waals surface area contributed by atoms with E-state index in [0.717, 1.165) is 42.7 Å². The molecule has 0 aliphatic heterocycles. The zero-order valence-corrected chi connectivity index (χ0v) is 11.2. The van der Waals surface area contributed by atoms with Gasteiger partial charge in [0.25, 0.3) is 0 Å². The number of nitrogens with zero attached hydrogens (tertiary/aromatic N) is 3. The number of aromatic nitrogens is 4. The molecule has 2 aromatic heterocycles. The quantitative estimate of drug-likeness (QED) is 0.696. The molecule has 5 nitrogen and oxygen atoms in total. The van der Waals surface area contributed by atoms with Crippen molar-refractivity contribution in [1.29, 1.82) is 0 Å². The van der Waals surface area contributed by atoms with E-state index < -0.39 is 0 Å². The summed E-state index contributed by atoms with van der Waals surface area (Å²) in [5.41, 5.74) is 8.43. The minimum absolute atomic E-state index is 0.275. The highest BCUT2D eigenvalue weighted by Crippen LogP contribution is 2.11. The van der Waals surface area contributed by atoms with E-state index in [1.54, 1.807) is 6.20 Å². The fourth-order valence-electron chi connectivity index (χ4n) is 2.26. The number of benzene rings is 1. The van der Waals surface area contributed by atoms with Crippen molar-refractivity contribution in [3.8, 4) is 0 Å². The summed E-state index contributed by atoms with van der Waals surface area (Å²) in [6.45, 7) is 0. The monoisotopic (exact) mass is 267 g/mol. The van der Waals surface area contributed by atoms with E-state index in [-0.39, 0.29) is 5.95 Å². The third-order valence-electron chi connectivity index (χ3n) is 3.28. The van der Waals surface area contributed by atoms with Gasteiger partial charge in [0.2, 0.25) is 5.95 Å². The topological polar surface area (TPSA) is 80.5 Å². The lowest BCUT2D eigenvalue weighted by atomic mass is 10.1. The number of rotatable bonds is 5. The first-order chi connectivity index (χ1) is 9.81. The maximum absolute atomic E-state index is 5.55. The first-order valence-electron chi connectivity index (χ1n) is 6.82. The lowest BCUT2D eigenvalue weighted by Gasteiger charge is -2.00. The number of fused-ring (bicyclic) bond motifs is 1. The number of imidazole rings is 1. The first-order valence-corrected chi connectivity index (χ1v) is 6.82. The van der Waals surface area contributed by atoms with E-state index >= 15 is 0 Å². The van der Waals surface area contributed by atoms with Gasteiger partial charge in [0, 0.05) is 6.42 Å². The lowest BCUT2D eigenvalue weighted by molar-refractivity contribution is 0.714. The van der Waals surface area contributed by atoms with Crippen LogP contribution in [0.4, 0.5) is 5.95 Å². The molecule has 102 valence electrons. The van der Waals surface area contributed by atoms with Crippen LogP contribution in [0.5, 0.6) is 0 Å². The number of hydrogen-bond acceptors (Lipinski definition) is 4. The van der Waals surface area contributed by atoms with Crippen LogP contribution in [-0.2, 0) is 12.8 Å². The fraction of sp³-hybridized carbons (Fsp3) is 0.267. The Morgan fingerprint density at radius 1 is 1.00 bits per heavy atom. The molecule has 0 aliphatic carbocycles. The number of unbranched alkanes of at least 4 members (excludes halogenated alkanes) is 1. The molecule has 0 atom stereocenters. The van der Waals surface area contributed by atoms with E-state index in [0.29, 0.717) is 0 Å². The van der Waals surface area contributed by atoms with Crippen LogP contribution in [0.3, 0.4) is 0 Å². The van der Waals surface area contributed by atoms with Crippen LogP contribution in [0.2, 0.25) is 0 Å². The van der Waals surface area contributed by atoms with Crippen molar-refractivity contribution in [1.82, 2.24) is 19.9 Å². The highest BCUT2D eigenvalue weighted by atomic mass is 15.1. The summed E-state index contributed by atoms with van der Waals surface area (Å²) < 4.78 is 0. The Bertz CT molecular complexity index is 690. The molecule has 1 aromatic carbocycles. The van der Waals surface area contributed by atoms with Crippen molar-refractivity contribution in [2.24, 2.45) is 0 Å². The highest BCUT2D eigenvalue weighted by Gasteiger charge is 2.04. The number of H-pyrrole nitrogens is 1. The van der Waals surface area contributed by atoms with Crippen LogP contribution < -0.4 is 5.73 Å². The highest BCUT2D eigenvalue weighted by molar-refractivity contribution is 5.70. The predicted molar refractivity (Wildman–Crippen MR) is 79.2 cm³/mol. The second-order valence-corrected chi connectivity index (χ2v) is 4.84. The molecule has 5 heteroatoms. The molecule has 3 N–H and O–H groups in total.